The van der Waals surface area contributed by atoms with E-state index in [1.54, 1.807) is 0 Å². The van der Waals surface area contributed by atoms with Gasteiger partial charge < -0.3 is 10.1 Å². The first-order chi connectivity index (χ1) is 15.9. The molecule has 0 heterocycles. The van der Waals surface area contributed by atoms with Crippen molar-refractivity contribution in [3.8, 4) is 0 Å². The minimum atomic E-state index is -5.22. The van der Waals surface area contributed by atoms with E-state index in [1.807, 2.05) is 0 Å². The third-order valence-corrected chi connectivity index (χ3v) is 7.59. The number of benzene rings is 1. The van der Waals surface area contributed by atoms with Crippen molar-refractivity contribution in [2.75, 3.05) is 14.2 Å². The summed E-state index contributed by atoms with van der Waals surface area (Å²) in [4.78, 5) is 15.2. The second kappa shape index (κ2) is 9.88. The molecule has 1 fully saturated rings. The van der Waals surface area contributed by atoms with E-state index < -0.39 is 61.9 Å². The number of esters is 1. The molecule has 0 spiro atoms. The Balaban J connectivity index is 2.57. The third kappa shape index (κ3) is 6.21. The van der Waals surface area contributed by atoms with Crippen LogP contribution in [0.3, 0.4) is 0 Å². The molecule has 1 aromatic carbocycles. The fraction of sp³-hybridized carbons (Fsp3) is 0.571. The number of carbonyl (C=O) groups excluding carboxylic acids is 1. The molecule has 1 N–H and O–H groups in total. The lowest BCUT2D eigenvalue weighted by atomic mass is 9.83. The predicted octanol–water partition coefficient (Wildman–Crippen LogP) is 4.56. The SMILES string of the molecule is COC(=O)C(C)(C)N=C1CCCC(N(C)S(=O)(=O)c2cc(C(F)(F)F)cc(C(F)(F)F)c2)C1C=N. The number of carbonyl (C=O) groups is 1. The molecule has 14 heteroatoms. The Morgan fingerprint density at radius 3 is 2.06 bits per heavy atom. The Morgan fingerprint density at radius 2 is 1.63 bits per heavy atom. The second-order valence-electron chi connectivity index (χ2n) is 8.57. The van der Waals surface area contributed by atoms with Crippen LogP contribution in [-0.2, 0) is 31.9 Å². The summed E-state index contributed by atoms with van der Waals surface area (Å²) in [5, 5.41) is 7.81. The van der Waals surface area contributed by atoms with Crippen LogP contribution in [0.4, 0.5) is 26.3 Å². The zero-order valence-electron chi connectivity index (χ0n) is 19.3. The van der Waals surface area contributed by atoms with Crippen LogP contribution in [0.5, 0.6) is 0 Å². The maximum absolute atomic E-state index is 13.2. The number of ether oxygens (including phenoxy) is 1. The monoisotopic (exact) mass is 529 g/mol. The number of hydrogen-bond acceptors (Lipinski definition) is 6. The van der Waals surface area contributed by atoms with E-state index >= 15 is 0 Å². The number of halogens is 6. The average Bonchev–Trinajstić information content (AvgIpc) is 2.75. The highest BCUT2D eigenvalue weighted by Crippen LogP contribution is 2.38. The van der Waals surface area contributed by atoms with Crippen molar-refractivity contribution < 1.29 is 44.3 Å². The number of sulfonamides is 1. The smallest absolute Gasteiger partial charge is 0.416 e. The van der Waals surface area contributed by atoms with E-state index in [0.717, 1.165) is 20.4 Å². The quantitative estimate of drug-likeness (QED) is 0.332. The minimum absolute atomic E-state index is 0.151. The van der Waals surface area contributed by atoms with Crippen molar-refractivity contribution in [3.05, 3.63) is 29.3 Å². The summed E-state index contributed by atoms with van der Waals surface area (Å²) in [5.41, 5.74) is -4.57. The molecular formula is C21H25F6N3O4S. The second-order valence-corrected chi connectivity index (χ2v) is 10.6. The number of methoxy groups -OCH3 is 1. The molecule has 1 aromatic rings. The molecule has 1 saturated carbocycles. The maximum Gasteiger partial charge on any atom is 0.416 e. The molecule has 0 amide bonds. The fourth-order valence-electron chi connectivity index (χ4n) is 3.88. The summed E-state index contributed by atoms with van der Waals surface area (Å²) in [6, 6.07) is -0.876. The van der Waals surface area contributed by atoms with Crippen molar-refractivity contribution >= 4 is 27.9 Å². The van der Waals surface area contributed by atoms with Crippen molar-refractivity contribution in [3.63, 3.8) is 0 Å². The molecule has 1 aliphatic rings. The van der Waals surface area contributed by atoms with Crippen LogP contribution in [-0.4, -0.2) is 56.4 Å². The summed E-state index contributed by atoms with van der Waals surface area (Å²) in [6.07, 6.45) is -8.70. The van der Waals surface area contributed by atoms with Crippen LogP contribution in [0.15, 0.2) is 28.1 Å². The van der Waals surface area contributed by atoms with Gasteiger partial charge in [0, 0.05) is 30.9 Å². The van der Waals surface area contributed by atoms with Crippen molar-refractivity contribution in [1.82, 2.24) is 4.31 Å². The number of hydrogen-bond donors (Lipinski definition) is 1. The summed E-state index contributed by atoms with van der Waals surface area (Å²) in [6.45, 7) is 2.91. The Labute approximate surface area is 198 Å². The van der Waals surface area contributed by atoms with E-state index in [4.69, 9.17) is 10.1 Å². The number of nitrogens with one attached hydrogen (secondary N) is 1. The number of rotatable bonds is 6. The van der Waals surface area contributed by atoms with Gasteiger partial charge in [-0.3, -0.25) is 4.99 Å². The molecule has 0 bridgehead atoms. The molecule has 35 heavy (non-hydrogen) atoms. The van der Waals surface area contributed by atoms with Gasteiger partial charge in [-0.25, -0.2) is 13.2 Å². The fourth-order valence-corrected chi connectivity index (χ4v) is 5.36. The molecule has 0 aromatic heterocycles. The van der Waals surface area contributed by atoms with Crippen molar-refractivity contribution in [2.45, 2.75) is 61.9 Å². The van der Waals surface area contributed by atoms with E-state index in [9.17, 15) is 39.6 Å². The van der Waals surface area contributed by atoms with Crippen LogP contribution >= 0.6 is 0 Å². The van der Waals surface area contributed by atoms with Crippen LogP contribution < -0.4 is 0 Å². The van der Waals surface area contributed by atoms with Gasteiger partial charge in [-0.05, 0) is 51.3 Å². The first-order valence-electron chi connectivity index (χ1n) is 10.3. The number of aliphatic imine (C=N–C) groups is 1. The molecule has 196 valence electrons. The molecular weight excluding hydrogens is 504 g/mol. The highest BCUT2D eigenvalue weighted by Gasteiger charge is 2.42. The normalized spacial score (nSPS) is 21.3. The Kier molecular flexibility index (Phi) is 8.12. The Bertz CT molecular complexity index is 1080. The van der Waals surface area contributed by atoms with Gasteiger partial charge in [0.15, 0.2) is 5.54 Å². The average molecular weight is 530 g/mol. The summed E-state index contributed by atoms with van der Waals surface area (Å²) in [5.74, 6) is -1.64. The molecule has 0 saturated heterocycles. The first kappa shape index (κ1) is 28.8. The lowest BCUT2D eigenvalue weighted by Crippen LogP contribution is -2.48. The highest BCUT2D eigenvalue weighted by atomic mass is 32.2. The maximum atomic E-state index is 13.2. The molecule has 2 rings (SSSR count). The van der Waals surface area contributed by atoms with Crippen LogP contribution in [0, 0.1) is 11.3 Å². The van der Waals surface area contributed by atoms with Gasteiger partial charge in [-0.1, -0.05) is 0 Å². The molecule has 0 aliphatic heterocycles. The first-order valence-corrected chi connectivity index (χ1v) is 11.8. The lowest BCUT2D eigenvalue weighted by Gasteiger charge is -2.37. The minimum Gasteiger partial charge on any atom is -0.467 e. The molecule has 1 aliphatic carbocycles. The summed E-state index contributed by atoms with van der Waals surface area (Å²) >= 11 is 0. The topological polar surface area (TPSA) is 99.9 Å². The predicted molar refractivity (Wildman–Crippen MR) is 115 cm³/mol. The standard InChI is InChI=1S/C21H25F6N3O4S/c1-19(2,18(31)34-4)29-16-6-5-7-17(15(16)11-28)30(3)35(32,33)14-9-12(20(22,23)24)8-13(10-14)21(25,26)27/h8-11,15,17,28H,5-7H2,1-4H3. The highest BCUT2D eigenvalue weighted by molar-refractivity contribution is 7.89. The van der Waals surface area contributed by atoms with Crippen molar-refractivity contribution in [2.24, 2.45) is 10.9 Å². The largest absolute Gasteiger partial charge is 0.467 e. The van der Waals surface area contributed by atoms with Gasteiger partial charge in [-0.15, -0.1) is 0 Å². The third-order valence-electron chi connectivity index (χ3n) is 5.72. The summed E-state index contributed by atoms with van der Waals surface area (Å²) < 4.78 is 111. The Hall–Kier alpha value is -2.48. The zero-order chi connectivity index (χ0) is 27.0. The van der Waals surface area contributed by atoms with Gasteiger partial charge in [0.25, 0.3) is 0 Å². The van der Waals surface area contributed by atoms with E-state index in [0.29, 0.717) is 22.9 Å². The Morgan fingerprint density at radius 1 is 1.11 bits per heavy atom. The van der Waals surface area contributed by atoms with E-state index in [1.165, 1.54) is 13.8 Å². The molecule has 0 radical (unpaired) electrons. The van der Waals surface area contributed by atoms with Gasteiger partial charge in [-0.2, -0.15) is 30.6 Å². The zero-order valence-corrected chi connectivity index (χ0v) is 20.1. The van der Waals surface area contributed by atoms with Crippen LogP contribution in [0.1, 0.15) is 44.2 Å². The lowest BCUT2D eigenvalue weighted by molar-refractivity contribution is -0.146. The van der Waals surface area contributed by atoms with Crippen LogP contribution in [0.2, 0.25) is 0 Å². The van der Waals surface area contributed by atoms with Crippen molar-refractivity contribution in [1.29, 1.82) is 5.41 Å². The molecule has 2 atom stereocenters. The van der Waals surface area contributed by atoms with Gasteiger partial charge in [0.05, 0.1) is 23.1 Å². The van der Waals surface area contributed by atoms with E-state index in [-0.39, 0.29) is 24.6 Å². The molecule has 7 nitrogen and oxygen atoms in total. The van der Waals surface area contributed by atoms with Gasteiger partial charge in [0.2, 0.25) is 10.0 Å². The van der Waals surface area contributed by atoms with Gasteiger partial charge >= 0.3 is 18.3 Å². The van der Waals surface area contributed by atoms with Crippen LogP contribution in [0.25, 0.3) is 0 Å². The van der Waals surface area contributed by atoms with Gasteiger partial charge in [0.1, 0.15) is 0 Å². The van der Waals surface area contributed by atoms with E-state index in [2.05, 4.69) is 4.99 Å². The number of alkyl halides is 6. The number of nitrogens with zero attached hydrogens (tertiary/aromatic N) is 2. The molecule has 2 unspecified atom stereocenters. The summed E-state index contributed by atoms with van der Waals surface area (Å²) in [7, 11) is -2.67.